The van der Waals surface area contributed by atoms with E-state index in [9.17, 15) is 14.4 Å². The van der Waals surface area contributed by atoms with Crippen LogP contribution in [0.2, 0.25) is 0 Å². The fraction of sp³-hybridized carbons (Fsp3) is 0.571. The summed E-state index contributed by atoms with van der Waals surface area (Å²) in [6.07, 6.45) is 7.99. The molecule has 0 N–H and O–H groups in total. The van der Waals surface area contributed by atoms with E-state index in [0.29, 0.717) is 56.6 Å². The molecule has 0 aromatic carbocycles. The highest BCUT2D eigenvalue weighted by Crippen LogP contribution is 2.25. The minimum absolute atomic E-state index is 0.0492. The SMILES string of the molecule is CCOC(=O)N1CCN(C(=O)CCCCCN2C(=O)C3C=C(Br)C=CC3=NC2=S)CC1. The van der Waals surface area contributed by atoms with Crippen molar-refractivity contribution in [2.45, 2.75) is 32.6 Å². The number of thiocarbonyl (C=S) groups is 1. The van der Waals surface area contributed by atoms with E-state index in [0.717, 1.165) is 23.7 Å². The van der Waals surface area contributed by atoms with Gasteiger partial charge in [-0.05, 0) is 44.1 Å². The Bertz CT molecular complexity index is 833. The zero-order valence-electron chi connectivity index (χ0n) is 17.6. The number of aliphatic imine (C=N–C) groups is 1. The Morgan fingerprint density at radius 3 is 2.58 bits per heavy atom. The van der Waals surface area contributed by atoms with Gasteiger partial charge in [-0.25, -0.2) is 9.79 Å². The average Bonchev–Trinajstić information content (AvgIpc) is 2.76. The summed E-state index contributed by atoms with van der Waals surface area (Å²) in [5.41, 5.74) is 0.683. The van der Waals surface area contributed by atoms with E-state index in [1.165, 1.54) is 0 Å². The third kappa shape index (κ3) is 6.00. The number of unbranched alkanes of at least 4 members (excludes halogenated alkanes) is 2. The molecule has 8 nitrogen and oxygen atoms in total. The Hall–Kier alpha value is -2.07. The monoisotopic (exact) mass is 510 g/mol. The Morgan fingerprint density at radius 2 is 1.87 bits per heavy atom. The molecule has 0 spiro atoms. The lowest BCUT2D eigenvalue weighted by Crippen LogP contribution is -2.50. The van der Waals surface area contributed by atoms with Crippen LogP contribution in [-0.2, 0) is 14.3 Å². The Labute approximate surface area is 196 Å². The predicted molar refractivity (Wildman–Crippen MR) is 125 cm³/mol. The number of hydrogen-bond donors (Lipinski definition) is 0. The van der Waals surface area contributed by atoms with Gasteiger partial charge in [0.1, 0.15) is 5.92 Å². The lowest BCUT2D eigenvalue weighted by atomic mass is 9.95. The number of amides is 3. The molecule has 2 heterocycles. The highest BCUT2D eigenvalue weighted by Gasteiger charge is 2.34. The van der Waals surface area contributed by atoms with E-state index in [2.05, 4.69) is 20.9 Å². The first-order valence-electron chi connectivity index (χ1n) is 10.6. The molecule has 0 bridgehead atoms. The molecule has 1 aliphatic carbocycles. The molecule has 1 saturated heterocycles. The van der Waals surface area contributed by atoms with Crippen LogP contribution < -0.4 is 0 Å². The van der Waals surface area contributed by atoms with Gasteiger partial charge in [0.25, 0.3) is 0 Å². The third-order valence-electron chi connectivity index (χ3n) is 5.48. The Morgan fingerprint density at radius 1 is 1.16 bits per heavy atom. The second-order valence-electron chi connectivity index (χ2n) is 7.55. The maximum atomic E-state index is 12.8. The van der Waals surface area contributed by atoms with Crippen LogP contribution in [0.5, 0.6) is 0 Å². The third-order valence-corrected chi connectivity index (χ3v) is 6.32. The highest BCUT2D eigenvalue weighted by atomic mass is 79.9. The fourth-order valence-corrected chi connectivity index (χ4v) is 4.43. The molecule has 1 atom stereocenters. The van der Waals surface area contributed by atoms with Gasteiger partial charge in [-0.1, -0.05) is 28.4 Å². The first-order chi connectivity index (χ1) is 14.9. The molecule has 10 heteroatoms. The molecule has 1 fully saturated rings. The first-order valence-corrected chi connectivity index (χ1v) is 11.8. The minimum Gasteiger partial charge on any atom is -0.450 e. The molecule has 3 aliphatic rings. The quantitative estimate of drug-likeness (QED) is 0.388. The summed E-state index contributed by atoms with van der Waals surface area (Å²) in [6, 6.07) is 0. The summed E-state index contributed by atoms with van der Waals surface area (Å²) < 4.78 is 5.86. The second kappa shape index (κ2) is 11.0. The van der Waals surface area contributed by atoms with Gasteiger partial charge in [0.05, 0.1) is 12.3 Å². The molecule has 0 saturated carbocycles. The van der Waals surface area contributed by atoms with Crippen molar-refractivity contribution in [1.82, 2.24) is 14.7 Å². The van der Waals surface area contributed by atoms with Gasteiger partial charge in [0.2, 0.25) is 16.9 Å². The number of piperazine rings is 1. The summed E-state index contributed by atoms with van der Waals surface area (Å²) in [7, 11) is 0. The molecule has 168 valence electrons. The number of ether oxygens (including phenoxy) is 1. The summed E-state index contributed by atoms with van der Waals surface area (Å²) >= 11 is 8.71. The van der Waals surface area contributed by atoms with E-state index in [1.54, 1.807) is 21.6 Å². The normalized spacial score (nSPS) is 21.0. The standard InChI is InChI=1S/C21H27BrN4O4S/c1-2-30-21(29)25-12-10-24(11-13-25)18(27)6-4-3-5-9-26-19(28)16-14-15(22)7-8-17(16)23-20(26)31/h7-8,14,16H,2-6,9-13H2,1H3. The van der Waals surface area contributed by atoms with E-state index in [1.807, 2.05) is 18.2 Å². The van der Waals surface area contributed by atoms with Crippen LogP contribution in [0.25, 0.3) is 0 Å². The van der Waals surface area contributed by atoms with Gasteiger partial charge in [-0.2, -0.15) is 0 Å². The molecule has 2 aliphatic heterocycles. The van der Waals surface area contributed by atoms with E-state index < -0.39 is 0 Å². The number of carbonyl (C=O) groups is 3. The van der Waals surface area contributed by atoms with Crippen LogP contribution in [0.4, 0.5) is 4.79 Å². The number of nitrogens with zero attached hydrogens (tertiary/aromatic N) is 4. The van der Waals surface area contributed by atoms with Gasteiger partial charge in [0, 0.05) is 43.6 Å². The smallest absolute Gasteiger partial charge is 0.409 e. The molecule has 31 heavy (non-hydrogen) atoms. The summed E-state index contributed by atoms with van der Waals surface area (Å²) in [5, 5.41) is 0.308. The number of rotatable bonds is 7. The van der Waals surface area contributed by atoms with Gasteiger partial charge in [0.15, 0.2) is 0 Å². The fourth-order valence-electron chi connectivity index (χ4n) is 3.75. The zero-order valence-corrected chi connectivity index (χ0v) is 20.0. The van der Waals surface area contributed by atoms with Crippen molar-refractivity contribution in [2.24, 2.45) is 10.9 Å². The predicted octanol–water partition coefficient (Wildman–Crippen LogP) is 2.88. The molecule has 0 radical (unpaired) electrons. The van der Waals surface area contributed by atoms with E-state index in [-0.39, 0.29) is 23.8 Å². The maximum Gasteiger partial charge on any atom is 0.409 e. The molecule has 3 rings (SSSR count). The van der Waals surface area contributed by atoms with Crippen LogP contribution in [-0.4, -0.2) is 82.8 Å². The van der Waals surface area contributed by atoms with E-state index >= 15 is 0 Å². The van der Waals surface area contributed by atoms with Crippen LogP contribution in [0.3, 0.4) is 0 Å². The number of hydrogen-bond acceptors (Lipinski definition) is 5. The van der Waals surface area contributed by atoms with Crippen molar-refractivity contribution < 1.29 is 19.1 Å². The summed E-state index contributed by atoms with van der Waals surface area (Å²) in [5.74, 6) is -0.334. The Kier molecular flexibility index (Phi) is 8.36. The summed E-state index contributed by atoms with van der Waals surface area (Å²) in [4.78, 5) is 46.3. The molecule has 1 unspecified atom stereocenters. The number of halogens is 1. The first kappa shape index (κ1) is 23.6. The van der Waals surface area contributed by atoms with Crippen LogP contribution in [0.15, 0.2) is 27.7 Å². The van der Waals surface area contributed by atoms with Crippen LogP contribution in [0.1, 0.15) is 32.6 Å². The number of carbonyl (C=O) groups excluding carboxylic acids is 3. The van der Waals surface area contributed by atoms with Crippen molar-refractivity contribution >= 4 is 56.9 Å². The van der Waals surface area contributed by atoms with Crippen molar-refractivity contribution in [3.8, 4) is 0 Å². The average molecular weight is 511 g/mol. The van der Waals surface area contributed by atoms with Gasteiger partial charge in [-0.3, -0.25) is 14.5 Å². The largest absolute Gasteiger partial charge is 0.450 e. The zero-order chi connectivity index (χ0) is 22.4. The molecular weight excluding hydrogens is 484 g/mol. The highest BCUT2D eigenvalue weighted by molar-refractivity contribution is 9.11. The number of allylic oxidation sites excluding steroid dienone is 3. The van der Waals surface area contributed by atoms with Crippen LogP contribution in [0, 0.1) is 5.92 Å². The van der Waals surface area contributed by atoms with Crippen molar-refractivity contribution in [1.29, 1.82) is 0 Å². The van der Waals surface area contributed by atoms with Crippen molar-refractivity contribution in [3.63, 3.8) is 0 Å². The summed E-state index contributed by atoms with van der Waals surface area (Å²) in [6.45, 7) is 4.71. The van der Waals surface area contributed by atoms with Crippen molar-refractivity contribution in [3.05, 3.63) is 22.7 Å². The van der Waals surface area contributed by atoms with Gasteiger partial charge in [-0.15, -0.1) is 0 Å². The number of fused-ring (bicyclic) bond motifs is 1. The molecule has 0 aromatic rings. The lowest BCUT2D eigenvalue weighted by Gasteiger charge is -2.34. The van der Waals surface area contributed by atoms with E-state index in [4.69, 9.17) is 17.0 Å². The van der Waals surface area contributed by atoms with Crippen molar-refractivity contribution in [2.75, 3.05) is 39.3 Å². The van der Waals surface area contributed by atoms with Gasteiger partial charge >= 0.3 is 6.09 Å². The molecular formula is C21H27BrN4O4S. The topological polar surface area (TPSA) is 82.5 Å². The Balaban J connectivity index is 1.36. The molecule has 0 aromatic heterocycles. The lowest BCUT2D eigenvalue weighted by molar-refractivity contribution is -0.133. The molecule has 3 amide bonds. The second-order valence-corrected chi connectivity index (χ2v) is 8.83. The van der Waals surface area contributed by atoms with Crippen LogP contribution >= 0.6 is 28.1 Å². The maximum absolute atomic E-state index is 12.8. The minimum atomic E-state index is -0.388. The van der Waals surface area contributed by atoms with Gasteiger partial charge < -0.3 is 14.5 Å².